The van der Waals surface area contributed by atoms with Crippen molar-refractivity contribution < 1.29 is 4.39 Å². The van der Waals surface area contributed by atoms with Crippen molar-refractivity contribution in [1.82, 2.24) is 5.32 Å². The van der Waals surface area contributed by atoms with Crippen LogP contribution in [0.1, 0.15) is 11.6 Å². The fourth-order valence-corrected chi connectivity index (χ4v) is 2.78. The predicted octanol–water partition coefficient (Wildman–Crippen LogP) is 3.63. The lowest BCUT2D eigenvalue weighted by Gasteiger charge is -2.35. The van der Waals surface area contributed by atoms with Crippen molar-refractivity contribution in [2.75, 3.05) is 24.5 Å². The molecule has 1 saturated heterocycles. The summed E-state index contributed by atoms with van der Waals surface area (Å²) in [4.78, 5) is 2.05. The molecule has 0 bridgehead atoms. The van der Waals surface area contributed by atoms with E-state index in [0.717, 1.165) is 19.6 Å². The van der Waals surface area contributed by atoms with Crippen LogP contribution in [0.4, 0.5) is 10.1 Å². The molecule has 0 radical (unpaired) electrons. The first-order valence-corrected chi connectivity index (χ1v) is 7.11. The van der Waals surface area contributed by atoms with E-state index in [4.69, 9.17) is 11.6 Å². The molecule has 2 aromatic carbocycles. The number of halogens is 2. The molecule has 2 aromatic rings. The van der Waals surface area contributed by atoms with Crippen LogP contribution in [-0.2, 0) is 0 Å². The molecule has 2 nitrogen and oxygen atoms in total. The van der Waals surface area contributed by atoms with Gasteiger partial charge >= 0.3 is 0 Å². The second-order valence-electron chi connectivity index (χ2n) is 4.94. The van der Waals surface area contributed by atoms with Crippen LogP contribution in [0.2, 0.25) is 5.02 Å². The zero-order valence-electron chi connectivity index (χ0n) is 11.0. The van der Waals surface area contributed by atoms with Crippen LogP contribution in [0.3, 0.4) is 0 Å². The summed E-state index contributed by atoms with van der Waals surface area (Å²) < 4.78 is 14.1. The summed E-state index contributed by atoms with van der Waals surface area (Å²) in [5.41, 5.74) is 1.81. The number of anilines is 1. The van der Waals surface area contributed by atoms with E-state index in [1.807, 2.05) is 18.2 Å². The number of rotatable bonds is 2. The Hall–Kier alpha value is -1.58. The number of piperazine rings is 1. The third kappa shape index (κ3) is 2.65. The number of nitrogens with one attached hydrogen (secondary N) is 1. The maximum atomic E-state index is 14.1. The number of benzene rings is 2. The molecule has 0 aliphatic carbocycles. The van der Waals surface area contributed by atoms with E-state index in [1.54, 1.807) is 18.2 Å². The zero-order valence-corrected chi connectivity index (χ0v) is 11.8. The Kier molecular flexibility index (Phi) is 3.90. The molecule has 0 aromatic heterocycles. The van der Waals surface area contributed by atoms with Gasteiger partial charge in [0.05, 0.1) is 10.7 Å². The first-order valence-electron chi connectivity index (χ1n) is 6.73. The average molecular weight is 291 g/mol. The molecule has 0 spiro atoms. The van der Waals surface area contributed by atoms with Crippen molar-refractivity contribution in [3.05, 3.63) is 64.9 Å². The van der Waals surface area contributed by atoms with Crippen molar-refractivity contribution >= 4 is 17.3 Å². The molecule has 1 N–H and O–H groups in total. The molecule has 1 fully saturated rings. The standard InChI is InChI=1S/C16H16ClFN2/c17-13-7-4-8-15(16(13)18)20-10-9-19-14(11-20)12-5-2-1-3-6-12/h1-8,14,19H,9-11H2. The van der Waals surface area contributed by atoms with Gasteiger partial charge in [0.15, 0.2) is 5.82 Å². The molecule has 20 heavy (non-hydrogen) atoms. The summed E-state index contributed by atoms with van der Waals surface area (Å²) in [6.45, 7) is 2.34. The van der Waals surface area contributed by atoms with Gasteiger partial charge in [0.1, 0.15) is 0 Å². The molecule has 1 unspecified atom stereocenters. The van der Waals surface area contributed by atoms with E-state index < -0.39 is 0 Å². The molecule has 104 valence electrons. The Morgan fingerprint density at radius 2 is 1.90 bits per heavy atom. The van der Waals surface area contributed by atoms with Crippen LogP contribution in [0.5, 0.6) is 0 Å². The summed E-state index contributed by atoms with van der Waals surface area (Å²) in [6, 6.07) is 15.6. The molecule has 1 atom stereocenters. The van der Waals surface area contributed by atoms with Crippen molar-refractivity contribution in [1.29, 1.82) is 0 Å². The van der Waals surface area contributed by atoms with Gasteiger partial charge in [0.25, 0.3) is 0 Å². The highest BCUT2D eigenvalue weighted by molar-refractivity contribution is 6.31. The minimum Gasteiger partial charge on any atom is -0.366 e. The van der Waals surface area contributed by atoms with E-state index >= 15 is 0 Å². The van der Waals surface area contributed by atoms with Crippen molar-refractivity contribution in [2.45, 2.75) is 6.04 Å². The van der Waals surface area contributed by atoms with E-state index in [1.165, 1.54) is 5.56 Å². The van der Waals surface area contributed by atoms with Crippen molar-refractivity contribution in [3.8, 4) is 0 Å². The zero-order chi connectivity index (χ0) is 13.9. The summed E-state index contributed by atoms with van der Waals surface area (Å²) >= 11 is 5.87. The second-order valence-corrected chi connectivity index (χ2v) is 5.34. The normalized spacial score (nSPS) is 19.1. The molecular weight excluding hydrogens is 275 g/mol. The first-order chi connectivity index (χ1) is 9.75. The highest BCUT2D eigenvalue weighted by atomic mass is 35.5. The van der Waals surface area contributed by atoms with Gasteiger partial charge in [-0.05, 0) is 17.7 Å². The second kappa shape index (κ2) is 5.81. The maximum absolute atomic E-state index is 14.1. The van der Waals surface area contributed by atoms with Crippen molar-refractivity contribution in [2.24, 2.45) is 0 Å². The van der Waals surface area contributed by atoms with Crippen LogP contribution < -0.4 is 10.2 Å². The molecule has 3 rings (SSSR count). The SMILES string of the molecule is Fc1c(Cl)cccc1N1CCNC(c2ccccc2)C1. The molecule has 0 amide bonds. The Bertz CT molecular complexity index is 588. The smallest absolute Gasteiger partial charge is 0.165 e. The maximum Gasteiger partial charge on any atom is 0.165 e. The summed E-state index contributed by atoms with van der Waals surface area (Å²) in [5.74, 6) is -0.331. The van der Waals surface area contributed by atoms with Gasteiger partial charge < -0.3 is 10.2 Å². The van der Waals surface area contributed by atoms with E-state index in [2.05, 4.69) is 22.3 Å². The Labute approximate surface area is 123 Å². The fourth-order valence-electron chi connectivity index (χ4n) is 2.61. The van der Waals surface area contributed by atoms with Crippen LogP contribution in [0, 0.1) is 5.82 Å². The number of nitrogens with zero attached hydrogens (tertiary/aromatic N) is 1. The lowest BCUT2D eigenvalue weighted by Crippen LogP contribution is -2.46. The van der Waals surface area contributed by atoms with E-state index in [-0.39, 0.29) is 16.9 Å². The molecule has 0 saturated carbocycles. The lowest BCUT2D eigenvalue weighted by atomic mass is 10.0. The lowest BCUT2D eigenvalue weighted by molar-refractivity contribution is 0.466. The third-order valence-electron chi connectivity index (χ3n) is 3.65. The molecule has 1 aliphatic heterocycles. The Morgan fingerprint density at radius 3 is 2.70 bits per heavy atom. The van der Waals surface area contributed by atoms with Crippen LogP contribution in [0.15, 0.2) is 48.5 Å². The largest absolute Gasteiger partial charge is 0.366 e. The Morgan fingerprint density at radius 1 is 1.10 bits per heavy atom. The minimum atomic E-state index is -0.331. The quantitative estimate of drug-likeness (QED) is 0.908. The van der Waals surface area contributed by atoms with Gasteiger partial charge in [0, 0.05) is 25.7 Å². The van der Waals surface area contributed by atoms with Gasteiger partial charge in [-0.25, -0.2) is 4.39 Å². The van der Waals surface area contributed by atoms with Gasteiger partial charge in [-0.15, -0.1) is 0 Å². The van der Waals surface area contributed by atoms with Gasteiger partial charge in [0.2, 0.25) is 0 Å². The van der Waals surface area contributed by atoms with Crippen LogP contribution in [-0.4, -0.2) is 19.6 Å². The fraction of sp³-hybridized carbons (Fsp3) is 0.250. The highest BCUT2D eigenvalue weighted by Gasteiger charge is 2.23. The highest BCUT2D eigenvalue weighted by Crippen LogP contribution is 2.28. The predicted molar refractivity (Wildman–Crippen MR) is 80.8 cm³/mol. The Balaban J connectivity index is 1.83. The molecule has 1 aliphatic rings. The minimum absolute atomic E-state index is 0.178. The number of hydrogen-bond donors (Lipinski definition) is 1. The van der Waals surface area contributed by atoms with Crippen LogP contribution in [0.25, 0.3) is 0 Å². The summed E-state index contributed by atoms with van der Waals surface area (Å²) in [6.07, 6.45) is 0. The van der Waals surface area contributed by atoms with Crippen LogP contribution >= 0.6 is 11.6 Å². The van der Waals surface area contributed by atoms with Crippen molar-refractivity contribution in [3.63, 3.8) is 0 Å². The van der Waals surface area contributed by atoms with Gasteiger partial charge in [-0.2, -0.15) is 0 Å². The average Bonchev–Trinajstić information content (AvgIpc) is 2.51. The third-order valence-corrected chi connectivity index (χ3v) is 3.94. The molecule has 1 heterocycles. The van der Waals surface area contributed by atoms with Gasteiger partial charge in [-0.3, -0.25) is 0 Å². The number of hydrogen-bond acceptors (Lipinski definition) is 2. The monoisotopic (exact) mass is 290 g/mol. The summed E-state index contributed by atoms with van der Waals surface area (Å²) in [7, 11) is 0. The molecular formula is C16H16ClFN2. The summed E-state index contributed by atoms with van der Waals surface area (Å²) in [5, 5.41) is 3.65. The van der Waals surface area contributed by atoms with E-state index in [0.29, 0.717) is 5.69 Å². The van der Waals surface area contributed by atoms with E-state index in [9.17, 15) is 4.39 Å². The topological polar surface area (TPSA) is 15.3 Å². The van der Waals surface area contributed by atoms with Gasteiger partial charge in [-0.1, -0.05) is 48.0 Å². The first kappa shape index (κ1) is 13.4. The molecule has 4 heteroatoms.